The molecule has 4 N–H and O–H groups in total. The number of carbonyl (C=O) groups is 3. The first kappa shape index (κ1) is 28.3. The Morgan fingerprint density at radius 1 is 0.955 bits per heavy atom. The summed E-state index contributed by atoms with van der Waals surface area (Å²) in [5, 5.41) is 32.5. The van der Waals surface area contributed by atoms with Gasteiger partial charge in [0.25, 0.3) is 0 Å². The molecule has 2 heterocycles. The van der Waals surface area contributed by atoms with Gasteiger partial charge in [0.05, 0.1) is 11.7 Å². The van der Waals surface area contributed by atoms with Crippen molar-refractivity contribution in [2.75, 3.05) is 5.32 Å². The molecule has 8 rings (SSSR count). The van der Waals surface area contributed by atoms with E-state index in [9.17, 15) is 29.7 Å². The number of ether oxygens (including phenoxy) is 1. The Balaban J connectivity index is 1.21. The van der Waals surface area contributed by atoms with Gasteiger partial charge in [-0.2, -0.15) is 0 Å². The Bertz CT molecular complexity index is 1730. The fraction of sp³-hybridized carbons (Fsp3) is 0.361. The van der Waals surface area contributed by atoms with Gasteiger partial charge in [0.15, 0.2) is 11.5 Å². The van der Waals surface area contributed by atoms with E-state index >= 15 is 0 Å². The first-order valence-corrected chi connectivity index (χ1v) is 15.1. The normalized spacial score (nSPS) is 31.5. The van der Waals surface area contributed by atoms with E-state index in [0.29, 0.717) is 11.5 Å². The number of aromatic carboxylic acids is 1. The number of allylic oxidation sites excluding steroid dienone is 2. The van der Waals surface area contributed by atoms with Crippen LogP contribution in [0.25, 0.3) is 16.7 Å². The fourth-order valence-electron chi connectivity index (χ4n) is 8.95. The maximum atomic E-state index is 14.6. The molecule has 0 radical (unpaired) electrons. The topological polar surface area (TPSA) is 133 Å². The molecular weight excluding hydrogens is 558 g/mol. The van der Waals surface area contributed by atoms with Crippen LogP contribution in [-0.2, 0) is 14.3 Å². The van der Waals surface area contributed by atoms with Gasteiger partial charge in [-0.15, -0.1) is 0 Å². The average Bonchev–Trinajstić information content (AvgIpc) is 3.37. The monoisotopic (exact) mass is 593 g/mol. The fourth-order valence-corrected chi connectivity index (χ4v) is 8.95. The van der Waals surface area contributed by atoms with Gasteiger partial charge in [-0.1, -0.05) is 67.6 Å². The second-order valence-electron chi connectivity index (χ2n) is 13.5. The largest absolute Gasteiger partial charge is 0.506 e. The smallest absolute Gasteiger partial charge is 0.339 e. The van der Waals surface area contributed by atoms with Crippen LogP contribution in [0.3, 0.4) is 0 Å². The molecule has 1 spiro atoms. The molecule has 8 nitrogen and oxygen atoms in total. The van der Waals surface area contributed by atoms with Gasteiger partial charge < -0.3 is 25.4 Å². The zero-order chi connectivity index (χ0) is 31.0. The van der Waals surface area contributed by atoms with E-state index in [4.69, 9.17) is 4.74 Å². The summed E-state index contributed by atoms with van der Waals surface area (Å²) in [5.41, 5.74) is 1.54. The predicted octanol–water partition coefficient (Wildman–Crippen LogP) is 6.43. The van der Waals surface area contributed by atoms with Crippen LogP contribution in [0.1, 0.15) is 61.9 Å². The van der Waals surface area contributed by atoms with Gasteiger partial charge in [-0.05, 0) is 72.8 Å². The number of nitrogens with one attached hydrogen (secondary N) is 1. The lowest BCUT2D eigenvalue weighted by Gasteiger charge is -2.56. The summed E-state index contributed by atoms with van der Waals surface area (Å²) in [5.74, 6) is -2.78. The molecule has 226 valence electrons. The molecule has 44 heavy (non-hydrogen) atoms. The summed E-state index contributed by atoms with van der Waals surface area (Å²) in [6.45, 7) is 4.15. The van der Waals surface area contributed by atoms with E-state index in [0.717, 1.165) is 48.1 Å². The molecule has 2 saturated heterocycles. The molecule has 3 aromatic rings. The number of aromatic hydroxyl groups is 2. The molecule has 6 atom stereocenters. The standard InChI is InChI=1S/C36H35NO7/c1-34(15-14-28(39)37-29-26(38)13-12-24(30(29)40)33(42)43)31-27-16-23-17-36(31,19-35(23,2)44-27)18-25(32(34)41)22-10-8-21(9-11-22)20-6-4-3-5-7-20/h3-13,18,23,27,31,38,40H,14-17,19H2,1-2H3,(H,37,39)(H,42,43)/t23-,27-,31-,34-,35-,36+/m0/s1. The quantitative estimate of drug-likeness (QED) is 0.232. The number of carboxylic acid groups (broad SMARTS) is 1. The summed E-state index contributed by atoms with van der Waals surface area (Å²) >= 11 is 0. The number of ketones is 1. The molecule has 0 unspecified atom stereocenters. The van der Waals surface area contributed by atoms with Crippen LogP contribution in [0, 0.1) is 22.7 Å². The maximum Gasteiger partial charge on any atom is 0.339 e. The van der Waals surface area contributed by atoms with Crippen molar-refractivity contribution >= 4 is 28.9 Å². The van der Waals surface area contributed by atoms with Crippen molar-refractivity contribution in [3.05, 3.63) is 83.9 Å². The number of rotatable bonds is 7. The van der Waals surface area contributed by atoms with Crippen molar-refractivity contribution < 1.29 is 34.4 Å². The van der Waals surface area contributed by atoms with Crippen LogP contribution in [-0.4, -0.2) is 44.7 Å². The number of amides is 1. The number of carbonyl (C=O) groups excluding carboxylic acids is 2. The van der Waals surface area contributed by atoms with Crippen molar-refractivity contribution in [1.29, 1.82) is 0 Å². The molecule has 2 aliphatic heterocycles. The van der Waals surface area contributed by atoms with E-state index < -0.39 is 34.4 Å². The summed E-state index contributed by atoms with van der Waals surface area (Å²) in [7, 11) is 0. The first-order valence-electron chi connectivity index (χ1n) is 15.1. The summed E-state index contributed by atoms with van der Waals surface area (Å²) in [6.07, 6.45) is 4.97. The lowest BCUT2D eigenvalue weighted by Crippen LogP contribution is -2.57. The number of phenols is 2. The highest BCUT2D eigenvalue weighted by molar-refractivity contribution is 6.24. The molecule has 3 aliphatic carbocycles. The summed E-state index contributed by atoms with van der Waals surface area (Å²) in [4.78, 5) is 39.3. The lowest BCUT2D eigenvalue weighted by molar-refractivity contribution is -0.168. The average molecular weight is 594 g/mol. The van der Waals surface area contributed by atoms with E-state index in [1.54, 1.807) is 0 Å². The van der Waals surface area contributed by atoms with Crippen LogP contribution in [0.4, 0.5) is 5.69 Å². The van der Waals surface area contributed by atoms with Crippen molar-refractivity contribution in [3.63, 3.8) is 0 Å². The zero-order valence-corrected chi connectivity index (χ0v) is 24.7. The van der Waals surface area contributed by atoms with Crippen molar-refractivity contribution in [2.24, 2.45) is 22.7 Å². The number of hydrogen-bond acceptors (Lipinski definition) is 6. The van der Waals surface area contributed by atoms with Gasteiger partial charge in [-0.25, -0.2) is 4.79 Å². The predicted molar refractivity (Wildman–Crippen MR) is 164 cm³/mol. The van der Waals surface area contributed by atoms with Gasteiger partial charge >= 0.3 is 5.97 Å². The summed E-state index contributed by atoms with van der Waals surface area (Å²) < 4.78 is 6.62. The van der Waals surface area contributed by atoms with Crippen LogP contribution in [0.5, 0.6) is 11.5 Å². The minimum absolute atomic E-state index is 0.0190. The summed E-state index contributed by atoms with van der Waals surface area (Å²) in [6, 6.07) is 20.3. The number of hydrogen-bond donors (Lipinski definition) is 4. The van der Waals surface area contributed by atoms with E-state index in [2.05, 4.69) is 30.4 Å². The minimum Gasteiger partial charge on any atom is -0.506 e. The van der Waals surface area contributed by atoms with Gasteiger partial charge in [0, 0.05) is 23.3 Å². The van der Waals surface area contributed by atoms with E-state index in [1.165, 1.54) is 0 Å². The Kier molecular flexibility index (Phi) is 6.31. The number of anilines is 1. The highest BCUT2D eigenvalue weighted by atomic mass is 16.5. The Hall–Kier alpha value is -4.43. The SMILES string of the molecule is C[C@]12C[C@@]34C=C(c5ccc(-c6ccccc6)cc5)C(=O)[C@@](C)(CCC(=O)Nc5c(O)ccc(C(=O)O)c5O)[C@@H]3[C@H](C[C@H]1C4)O2. The highest BCUT2D eigenvalue weighted by Crippen LogP contribution is 2.72. The number of phenolic OH excluding ortho intramolecular Hbond substituents is 1. The van der Waals surface area contributed by atoms with Crippen LogP contribution in [0.2, 0.25) is 0 Å². The number of Topliss-reactive ketones (excluding diaryl/α,β-unsaturated/α-hetero) is 1. The van der Waals surface area contributed by atoms with Gasteiger partial charge in [0.2, 0.25) is 5.91 Å². The first-order chi connectivity index (χ1) is 20.9. The lowest BCUT2D eigenvalue weighted by atomic mass is 9.49. The second-order valence-corrected chi connectivity index (χ2v) is 13.5. The minimum atomic E-state index is -1.39. The molecule has 8 heteroatoms. The van der Waals surface area contributed by atoms with E-state index in [1.807, 2.05) is 49.4 Å². The molecule has 4 fully saturated rings. The highest BCUT2D eigenvalue weighted by Gasteiger charge is 2.72. The van der Waals surface area contributed by atoms with Gasteiger partial charge in [0.1, 0.15) is 17.0 Å². The third-order valence-corrected chi connectivity index (χ3v) is 10.8. The van der Waals surface area contributed by atoms with Crippen molar-refractivity contribution in [3.8, 4) is 22.6 Å². The molecule has 2 saturated carbocycles. The van der Waals surface area contributed by atoms with Crippen LogP contribution < -0.4 is 5.32 Å². The van der Waals surface area contributed by atoms with Crippen molar-refractivity contribution in [1.82, 2.24) is 0 Å². The van der Waals surface area contributed by atoms with E-state index in [-0.39, 0.29) is 47.4 Å². The Morgan fingerprint density at radius 2 is 1.64 bits per heavy atom. The third-order valence-electron chi connectivity index (χ3n) is 10.8. The zero-order valence-electron chi connectivity index (χ0n) is 24.7. The van der Waals surface area contributed by atoms with Crippen LogP contribution >= 0.6 is 0 Å². The molecule has 5 aliphatic rings. The van der Waals surface area contributed by atoms with Crippen molar-refractivity contribution in [2.45, 2.75) is 57.7 Å². The second kappa shape index (κ2) is 9.79. The third kappa shape index (κ3) is 4.19. The van der Waals surface area contributed by atoms with Gasteiger partial charge in [-0.3, -0.25) is 9.59 Å². The van der Waals surface area contributed by atoms with Crippen LogP contribution in [0.15, 0.2) is 72.8 Å². The number of benzene rings is 3. The Morgan fingerprint density at radius 3 is 2.32 bits per heavy atom. The molecule has 3 aromatic carbocycles. The molecule has 1 amide bonds. The Labute approximate surface area is 255 Å². The maximum absolute atomic E-state index is 14.6. The molecule has 0 aromatic heterocycles. The number of carboxylic acids is 1. The molecule has 4 bridgehead atoms. The molecular formula is C36H35NO7.